The number of hydrogen-bond donors (Lipinski definition) is 3. The van der Waals surface area contributed by atoms with Crippen LogP contribution in [0, 0.1) is 5.92 Å². The number of rotatable bonds is 16. The maximum Gasteiger partial charge on any atom is 0.408 e. The molecule has 0 fully saturated rings. The molecule has 0 unspecified atom stereocenters. The van der Waals surface area contributed by atoms with Gasteiger partial charge in [0.1, 0.15) is 18.8 Å². The van der Waals surface area contributed by atoms with Crippen LogP contribution in [0.3, 0.4) is 0 Å². The summed E-state index contributed by atoms with van der Waals surface area (Å²) in [4.78, 5) is 38.0. The average molecular weight is 499 g/mol. The minimum atomic E-state index is -1.08. The van der Waals surface area contributed by atoms with Crippen LogP contribution in [0.5, 0.6) is 0 Å². The van der Waals surface area contributed by atoms with Gasteiger partial charge in [-0.2, -0.15) is 0 Å². The van der Waals surface area contributed by atoms with E-state index in [9.17, 15) is 19.5 Å². The molecule has 0 spiro atoms. The van der Waals surface area contributed by atoms with Gasteiger partial charge in [0.15, 0.2) is 5.43 Å². The van der Waals surface area contributed by atoms with Crippen LogP contribution in [0.15, 0.2) is 41.2 Å². The van der Waals surface area contributed by atoms with E-state index in [-0.39, 0.29) is 18.0 Å². The Morgan fingerprint density at radius 3 is 2.39 bits per heavy atom. The summed E-state index contributed by atoms with van der Waals surface area (Å²) >= 11 is 0. The standard InChI is InChI=1S/C29H42N2O5/c1-5-7-9-13-16-22-25(26(22)32)27(33)23(17-8-6-2)30-28(34)24(18-20(3)4)31-29(35)36-19-21-14-11-10-12-15-21/h10-16,20,23-24,27,33H,5-9,17-19H2,1-4H3,(H,30,34)(H,31,35)/b16-13+/t23-,24-,27+/m0/s1. The van der Waals surface area contributed by atoms with E-state index in [2.05, 4.69) is 17.6 Å². The topological polar surface area (TPSA) is 105 Å². The number of amides is 2. The first-order chi connectivity index (χ1) is 17.3. The van der Waals surface area contributed by atoms with Gasteiger partial charge >= 0.3 is 6.09 Å². The summed E-state index contributed by atoms with van der Waals surface area (Å²) in [6.07, 6.45) is 7.59. The summed E-state index contributed by atoms with van der Waals surface area (Å²) in [5.74, 6) is -0.254. The molecule has 3 atom stereocenters. The van der Waals surface area contributed by atoms with E-state index >= 15 is 0 Å². The van der Waals surface area contributed by atoms with E-state index in [1.807, 2.05) is 57.2 Å². The summed E-state index contributed by atoms with van der Waals surface area (Å²) in [7, 11) is 0. The smallest absolute Gasteiger partial charge is 0.408 e. The van der Waals surface area contributed by atoms with Crippen molar-refractivity contribution in [2.24, 2.45) is 5.92 Å². The van der Waals surface area contributed by atoms with Crippen molar-refractivity contribution in [3.8, 4) is 0 Å². The first-order valence-corrected chi connectivity index (χ1v) is 13.2. The minimum Gasteiger partial charge on any atom is -0.445 e. The molecule has 7 heteroatoms. The summed E-state index contributed by atoms with van der Waals surface area (Å²) in [6.45, 7) is 8.17. The van der Waals surface area contributed by atoms with Gasteiger partial charge in [0.05, 0.1) is 6.04 Å². The molecule has 0 saturated carbocycles. The van der Waals surface area contributed by atoms with Crippen molar-refractivity contribution >= 4 is 18.1 Å². The largest absolute Gasteiger partial charge is 0.445 e. The monoisotopic (exact) mass is 498 g/mol. The Hall–Kier alpha value is -2.93. The number of ether oxygens (including phenoxy) is 1. The zero-order valence-corrected chi connectivity index (χ0v) is 22.1. The summed E-state index contributed by atoms with van der Waals surface area (Å²) in [6, 6.07) is 7.88. The maximum absolute atomic E-state index is 13.2. The Bertz CT molecular complexity index is 975. The fraction of sp³-hybridized carbons (Fsp3) is 0.552. The van der Waals surface area contributed by atoms with Crippen LogP contribution in [-0.2, 0) is 16.1 Å². The van der Waals surface area contributed by atoms with Gasteiger partial charge in [-0.1, -0.05) is 95.9 Å². The van der Waals surface area contributed by atoms with Crippen LogP contribution in [0.1, 0.15) is 95.4 Å². The predicted octanol–water partition coefficient (Wildman–Crippen LogP) is 5.18. The molecule has 0 bridgehead atoms. The van der Waals surface area contributed by atoms with Crippen molar-refractivity contribution in [3.05, 3.63) is 63.3 Å². The van der Waals surface area contributed by atoms with Gasteiger partial charge in [-0.15, -0.1) is 0 Å². The molecule has 0 heterocycles. The molecule has 2 amide bonds. The van der Waals surface area contributed by atoms with Gasteiger partial charge in [0, 0.05) is 11.1 Å². The number of hydrogen-bond acceptors (Lipinski definition) is 5. The summed E-state index contributed by atoms with van der Waals surface area (Å²) in [5, 5.41) is 16.6. The van der Waals surface area contributed by atoms with Crippen LogP contribution in [0.2, 0.25) is 0 Å². The number of carbonyl (C=O) groups is 2. The third-order valence-corrected chi connectivity index (χ3v) is 6.13. The molecule has 0 aliphatic heterocycles. The SMILES string of the molecule is CCCC/C=C/c1c([C@H](O)[C@H](CCCC)NC(=O)[C@H](CC(C)C)NC(=O)OCc2ccccc2)c1=O. The third kappa shape index (κ3) is 9.61. The number of aliphatic hydroxyl groups excluding tert-OH is 1. The number of aliphatic hydroxyl groups is 1. The molecular weight excluding hydrogens is 456 g/mol. The molecule has 7 nitrogen and oxygen atoms in total. The second-order valence-corrected chi connectivity index (χ2v) is 9.79. The molecule has 0 aliphatic rings. The van der Waals surface area contributed by atoms with Crippen LogP contribution < -0.4 is 16.1 Å². The average Bonchev–Trinajstić information content (AvgIpc) is 3.51. The second kappa shape index (κ2) is 15.2. The fourth-order valence-corrected chi connectivity index (χ4v) is 4.01. The van der Waals surface area contributed by atoms with Crippen molar-refractivity contribution in [1.29, 1.82) is 0 Å². The van der Waals surface area contributed by atoms with Crippen molar-refractivity contribution in [2.45, 2.75) is 97.4 Å². The predicted molar refractivity (Wildman–Crippen MR) is 143 cm³/mol. The summed E-state index contributed by atoms with van der Waals surface area (Å²) in [5.41, 5.74) is 1.62. The minimum absolute atomic E-state index is 0.103. The first kappa shape index (κ1) is 29.3. The molecule has 198 valence electrons. The Kier molecular flexibility index (Phi) is 12.4. The number of nitrogens with one attached hydrogen (secondary N) is 2. The fourth-order valence-electron chi connectivity index (χ4n) is 4.01. The van der Waals surface area contributed by atoms with E-state index in [1.54, 1.807) is 6.08 Å². The van der Waals surface area contributed by atoms with Gasteiger partial charge in [-0.05, 0) is 30.7 Å². The Labute approximate surface area is 215 Å². The van der Waals surface area contributed by atoms with E-state index in [0.717, 1.165) is 37.7 Å². The number of benzene rings is 1. The van der Waals surface area contributed by atoms with E-state index in [0.29, 0.717) is 24.0 Å². The second-order valence-electron chi connectivity index (χ2n) is 9.79. The lowest BCUT2D eigenvalue weighted by Crippen LogP contribution is -2.51. The van der Waals surface area contributed by atoms with Crippen molar-refractivity contribution in [3.63, 3.8) is 0 Å². The lowest BCUT2D eigenvalue weighted by Gasteiger charge is -2.26. The van der Waals surface area contributed by atoms with Gasteiger partial charge < -0.3 is 20.5 Å². The van der Waals surface area contributed by atoms with Gasteiger partial charge in [-0.3, -0.25) is 9.59 Å². The van der Waals surface area contributed by atoms with Crippen LogP contribution >= 0.6 is 0 Å². The number of carbonyl (C=O) groups excluding carboxylic acids is 2. The molecule has 2 rings (SSSR count). The maximum atomic E-state index is 13.2. The molecule has 36 heavy (non-hydrogen) atoms. The van der Waals surface area contributed by atoms with Crippen molar-refractivity contribution < 1.29 is 19.4 Å². The number of alkyl carbamates (subject to hydrolysis) is 1. The van der Waals surface area contributed by atoms with E-state index < -0.39 is 30.2 Å². The lowest BCUT2D eigenvalue weighted by atomic mass is 9.99. The molecule has 0 aromatic heterocycles. The molecule has 2 aromatic rings. The Morgan fingerprint density at radius 2 is 1.75 bits per heavy atom. The van der Waals surface area contributed by atoms with Crippen LogP contribution in [0.4, 0.5) is 4.79 Å². The highest BCUT2D eigenvalue weighted by Gasteiger charge is 2.34. The molecule has 2 aromatic carbocycles. The zero-order valence-electron chi connectivity index (χ0n) is 22.1. The van der Waals surface area contributed by atoms with E-state index in [1.165, 1.54) is 0 Å². The molecular formula is C29H42N2O5. The van der Waals surface area contributed by atoms with Crippen molar-refractivity contribution in [2.75, 3.05) is 0 Å². The molecule has 3 N–H and O–H groups in total. The van der Waals surface area contributed by atoms with Gasteiger partial charge in [0.25, 0.3) is 0 Å². The zero-order chi connectivity index (χ0) is 26.5. The quantitative estimate of drug-likeness (QED) is 0.277. The van der Waals surface area contributed by atoms with Crippen LogP contribution in [0.25, 0.3) is 6.08 Å². The normalized spacial score (nSPS) is 14.2. The number of unbranched alkanes of at least 4 members (excludes halogenated alkanes) is 3. The number of allylic oxidation sites excluding steroid dienone is 1. The summed E-state index contributed by atoms with van der Waals surface area (Å²) < 4.78 is 5.30. The first-order valence-electron chi connectivity index (χ1n) is 13.2. The molecule has 0 radical (unpaired) electrons. The van der Waals surface area contributed by atoms with Crippen molar-refractivity contribution in [1.82, 2.24) is 10.6 Å². The molecule has 0 aliphatic carbocycles. The van der Waals surface area contributed by atoms with E-state index in [4.69, 9.17) is 4.74 Å². The highest BCUT2D eigenvalue weighted by Crippen LogP contribution is 2.27. The Balaban J connectivity index is 2.04. The Morgan fingerprint density at radius 1 is 1.06 bits per heavy atom. The lowest BCUT2D eigenvalue weighted by molar-refractivity contribution is -0.125. The van der Waals surface area contributed by atoms with Gasteiger partial charge in [-0.25, -0.2) is 4.79 Å². The highest BCUT2D eigenvalue weighted by molar-refractivity contribution is 5.86. The van der Waals surface area contributed by atoms with Gasteiger partial charge in [0.2, 0.25) is 5.91 Å². The highest BCUT2D eigenvalue weighted by atomic mass is 16.5. The molecule has 0 saturated heterocycles. The third-order valence-electron chi connectivity index (χ3n) is 6.13. The van der Waals surface area contributed by atoms with Crippen LogP contribution in [-0.4, -0.2) is 29.2 Å².